The van der Waals surface area contributed by atoms with Crippen molar-refractivity contribution in [3.8, 4) is 0 Å². The van der Waals surface area contributed by atoms with Crippen LogP contribution in [-0.2, 0) is 0 Å². The molecule has 0 bridgehead atoms. The first-order chi connectivity index (χ1) is 9.29. The average Bonchev–Trinajstić information content (AvgIpc) is 2.70. The molecule has 2 saturated heterocycles. The predicted molar refractivity (Wildman–Crippen MR) is 81.7 cm³/mol. The van der Waals surface area contributed by atoms with Gasteiger partial charge in [-0.1, -0.05) is 6.92 Å². The number of likely N-dealkylation sites (tertiary alicyclic amines) is 1. The number of rotatable bonds is 6. The van der Waals surface area contributed by atoms with E-state index < -0.39 is 0 Å². The second-order valence-electron chi connectivity index (χ2n) is 6.13. The molecule has 2 rings (SSSR count). The molecular formula is C15H32N4. The van der Waals surface area contributed by atoms with Crippen molar-refractivity contribution in [2.24, 2.45) is 0 Å². The smallest absolute Gasteiger partial charge is 0.0223 e. The van der Waals surface area contributed by atoms with Gasteiger partial charge in [0.05, 0.1) is 0 Å². The lowest BCUT2D eigenvalue weighted by atomic mass is 10.2. The van der Waals surface area contributed by atoms with Crippen LogP contribution in [0.4, 0.5) is 0 Å². The Bertz CT molecular complexity index is 238. The molecule has 4 nitrogen and oxygen atoms in total. The summed E-state index contributed by atoms with van der Waals surface area (Å²) in [5, 5.41) is 3.48. The first-order valence-electron chi connectivity index (χ1n) is 8.15. The summed E-state index contributed by atoms with van der Waals surface area (Å²) >= 11 is 0. The quantitative estimate of drug-likeness (QED) is 0.765. The van der Waals surface area contributed by atoms with Crippen molar-refractivity contribution in [2.75, 3.05) is 66.0 Å². The van der Waals surface area contributed by atoms with Crippen LogP contribution < -0.4 is 5.32 Å². The molecule has 19 heavy (non-hydrogen) atoms. The lowest BCUT2D eigenvalue weighted by Gasteiger charge is -2.29. The zero-order valence-electron chi connectivity index (χ0n) is 12.9. The molecule has 2 aliphatic heterocycles. The first-order valence-corrected chi connectivity index (χ1v) is 8.15. The lowest BCUT2D eigenvalue weighted by Crippen LogP contribution is -2.42. The molecule has 1 atom stereocenters. The maximum absolute atomic E-state index is 3.48. The Kier molecular flexibility index (Phi) is 6.57. The van der Waals surface area contributed by atoms with Crippen molar-refractivity contribution in [1.82, 2.24) is 20.0 Å². The van der Waals surface area contributed by atoms with Crippen molar-refractivity contribution in [2.45, 2.75) is 32.2 Å². The number of hydrogen-bond acceptors (Lipinski definition) is 4. The fraction of sp³-hybridized carbons (Fsp3) is 1.00. The summed E-state index contributed by atoms with van der Waals surface area (Å²) in [4.78, 5) is 7.80. The maximum atomic E-state index is 3.48. The van der Waals surface area contributed by atoms with Crippen LogP contribution in [-0.4, -0.2) is 86.7 Å². The van der Waals surface area contributed by atoms with Crippen LogP contribution in [0.3, 0.4) is 0 Å². The van der Waals surface area contributed by atoms with Gasteiger partial charge in [0.2, 0.25) is 0 Å². The second kappa shape index (κ2) is 8.20. The van der Waals surface area contributed by atoms with Gasteiger partial charge < -0.3 is 15.1 Å². The van der Waals surface area contributed by atoms with E-state index in [0.29, 0.717) is 0 Å². The Labute approximate surface area is 119 Å². The zero-order chi connectivity index (χ0) is 13.5. The summed E-state index contributed by atoms with van der Waals surface area (Å²) in [6, 6.07) is 0.806. The van der Waals surface area contributed by atoms with Gasteiger partial charge in [0.15, 0.2) is 0 Å². The molecule has 0 amide bonds. The second-order valence-corrected chi connectivity index (χ2v) is 6.13. The molecule has 2 aliphatic rings. The van der Waals surface area contributed by atoms with Gasteiger partial charge in [0, 0.05) is 38.8 Å². The van der Waals surface area contributed by atoms with E-state index >= 15 is 0 Å². The summed E-state index contributed by atoms with van der Waals surface area (Å²) in [5.74, 6) is 0. The molecule has 2 fully saturated rings. The standard InChI is InChI=1S/C15H32N4/c1-3-19-10-4-6-15(19)14-17(2)12-13-18-9-5-7-16-8-11-18/h15-16H,3-14H2,1-2H3. The topological polar surface area (TPSA) is 21.8 Å². The highest BCUT2D eigenvalue weighted by Crippen LogP contribution is 2.17. The van der Waals surface area contributed by atoms with E-state index in [4.69, 9.17) is 0 Å². The van der Waals surface area contributed by atoms with Crippen LogP contribution >= 0.6 is 0 Å². The lowest BCUT2D eigenvalue weighted by molar-refractivity contribution is 0.179. The number of likely N-dealkylation sites (N-methyl/N-ethyl adjacent to an activating group) is 2. The minimum atomic E-state index is 0.806. The predicted octanol–water partition coefficient (Wildman–Crippen LogP) is 0.698. The molecule has 1 unspecified atom stereocenters. The van der Waals surface area contributed by atoms with Gasteiger partial charge in [-0.3, -0.25) is 4.90 Å². The van der Waals surface area contributed by atoms with Gasteiger partial charge >= 0.3 is 0 Å². The van der Waals surface area contributed by atoms with Gasteiger partial charge in [0.25, 0.3) is 0 Å². The molecule has 0 saturated carbocycles. The molecule has 2 heterocycles. The molecule has 0 aromatic heterocycles. The third kappa shape index (κ3) is 5.03. The maximum Gasteiger partial charge on any atom is 0.0223 e. The normalized spacial score (nSPS) is 27.0. The van der Waals surface area contributed by atoms with Crippen molar-refractivity contribution >= 4 is 0 Å². The van der Waals surface area contributed by atoms with Gasteiger partial charge in [-0.05, 0) is 52.5 Å². The van der Waals surface area contributed by atoms with Crippen LogP contribution in [0, 0.1) is 0 Å². The van der Waals surface area contributed by atoms with Gasteiger partial charge in [-0.15, -0.1) is 0 Å². The Morgan fingerprint density at radius 3 is 2.89 bits per heavy atom. The summed E-state index contributed by atoms with van der Waals surface area (Å²) in [5.41, 5.74) is 0. The molecule has 112 valence electrons. The average molecular weight is 268 g/mol. The highest BCUT2D eigenvalue weighted by atomic mass is 15.2. The highest BCUT2D eigenvalue weighted by Gasteiger charge is 2.23. The molecule has 0 radical (unpaired) electrons. The first kappa shape index (κ1) is 15.2. The monoisotopic (exact) mass is 268 g/mol. The van der Waals surface area contributed by atoms with Gasteiger partial charge in [0.1, 0.15) is 0 Å². The van der Waals surface area contributed by atoms with Gasteiger partial charge in [-0.2, -0.15) is 0 Å². The Morgan fingerprint density at radius 2 is 2.05 bits per heavy atom. The van der Waals surface area contributed by atoms with E-state index in [2.05, 4.69) is 34.0 Å². The molecule has 0 aromatic rings. The fourth-order valence-corrected chi connectivity index (χ4v) is 3.41. The van der Waals surface area contributed by atoms with Crippen molar-refractivity contribution in [3.05, 3.63) is 0 Å². The SMILES string of the molecule is CCN1CCCC1CN(C)CCN1CCCNCC1. The zero-order valence-corrected chi connectivity index (χ0v) is 12.9. The Hall–Kier alpha value is -0.160. The van der Waals surface area contributed by atoms with E-state index in [1.807, 2.05) is 0 Å². The largest absolute Gasteiger partial charge is 0.315 e. The summed E-state index contributed by atoms with van der Waals surface area (Å²) in [6.07, 6.45) is 4.09. The molecule has 4 heteroatoms. The van der Waals surface area contributed by atoms with Crippen molar-refractivity contribution < 1.29 is 0 Å². The minimum Gasteiger partial charge on any atom is -0.315 e. The molecular weight excluding hydrogens is 236 g/mol. The van der Waals surface area contributed by atoms with E-state index in [1.54, 1.807) is 0 Å². The van der Waals surface area contributed by atoms with E-state index in [1.165, 1.54) is 71.6 Å². The number of hydrogen-bond donors (Lipinski definition) is 1. The Balaban J connectivity index is 1.64. The van der Waals surface area contributed by atoms with Crippen LogP contribution in [0.1, 0.15) is 26.2 Å². The third-order valence-electron chi connectivity index (χ3n) is 4.66. The highest BCUT2D eigenvalue weighted by molar-refractivity contribution is 4.80. The molecule has 0 spiro atoms. The van der Waals surface area contributed by atoms with Crippen LogP contribution in [0.2, 0.25) is 0 Å². The van der Waals surface area contributed by atoms with E-state index in [0.717, 1.165) is 12.6 Å². The van der Waals surface area contributed by atoms with Crippen LogP contribution in [0.15, 0.2) is 0 Å². The molecule has 0 aliphatic carbocycles. The number of nitrogens with one attached hydrogen (secondary N) is 1. The van der Waals surface area contributed by atoms with Crippen LogP contribution in [0.25, 0.3) is 0 Å². The fourth-order valence-electron chi connectivity index (χ4n) is 3.41. The van der Waals surface area contributed by atoms with E-state index in [9.17, 15) is 0 Å². The summed E-state index contributed by atoms with van der Waals surface area (Å²) in [7, 11) is 2.29. The van der Waals surface area contributed by atoms with Crippen LogP contribution in [0.5, 0.6) is 0 Å². The van der Waals surface area contributed by atoms with Crippen molar-refractivity contribution in [1.29, 1.82) is 0 Å². The summed E-state index contributed by atoms with van der Waals surface area (Å²) in [6.45, 7) is 13.4. The third-order valence-corrected chi connectivity index (χ3v) is 4.66. The summed E-state index contributed by atoms with van der Waals surface area (Å²) < 4.78 is 0. The van der Waals surface area contributed by atoms with Crippen molar-refractivity contribution in [3.63, 3.8) is 0 Å². The minimum absolute atomic E-state index is 0.806. The number of nitrogens with zero attached hydrogens (tertiary/aromatic N) is 3. The van der Waals surface area contributed by atoms with E-state index in [-0.39, 0.29) is 0 Å². The van der Waals surface area contributed by atoms with Gasteiger partial charge in [-0.25, -0.2) is 0 Å². The Morgan fingerprint density at radius 1 is 1.16 bits per heavy atom. The molecule has 0 aromatic carbocycles. The molecule has 1 N–H and O–H groups in total.